The summed E-state index contributed by atoms with van der Waals surface area (Å²) in [5.74, 6) is 2.87. The number of rotatable bonds is 7. The molecule has 0 spiro atoms. The van der Waals surface area contributed by atoms with E-state index in [2.05, 4.69) is 28.7 Å². The number of ether oxygens (including phenoxy) is 1. The molecule has 3 aliphatic rings. The van der Waals surface area contributed by atoms with E-state index in [0.29, 0.717) is 35.9 Å². The van der Waals surface area contributed by atoms with E-state index < -0.39 is 10.0 Å². The van der Waals surface area contributed by atoms with Crippen molar-refractivity contribution in [2.24, 2.45) is 12.5 Å². The number of hydrogen-bond donors (Lipinski definition) is 0. The van der Waals surface area contributed by atoms with E-state index >= 15 is 0 Å². The molecule has 11 nitrogen and oxygen atoms in total. The fourth-order valence-corrected chi connectivity index (χ4v) is 9.87. The van der Waals surface area contributed by atoms with Gasteiger partial charge in [-0.05, 0) is 63.8 Å². The van der Waals surface area contributed by atoms with Crippen molar-refractivity contribution in [2.75, 3.05) is 36.5 Å². The monoisotopic (exact) mass is 728 g/mol. The molecule has 5 aromatic rings. The maximum absolute atomic E-state index is 13.9. The standard InChI is InChI=1S/C38H45ClN8O3S/c1-22-8-13-26(14-9-22)51(48,49)47-29-15-10-23(2)31(32(29)24(3)42-47)35-40-28-16-18-45(37-33(39)34(25-11-12-25)43-44(37)6)20-27(28)36(41-35)46-19-17-30(50-7)38(4,5)21-46/h8-10,13-15,25,30H,11-12,16-21H2,1-7H3/t30-/m1/s1. The molecule has 0 bridgehead atoms. The third kappa shape index (κ3) is 5.70. The van der Waals surface area contributed by atoms with Gasteiger partial charge in [0.2, 0.25) is 0 Å². The van der Waals surface area contributed by atoms with Gasteiger partial charge in [-0.15, -0.1) is 0 Å². The molecular formula is C38H45ClN8O3S. The lowest BCUT2D eigenvalue weighted by Crippen LogP contribution is -2.50. The summed E-state index contributed by atoms with van der Waals surface area (Å²) in [6.45, 7) is 13.2. The molecule has 3 aromatic heterocycles. The zero-order chi connectivity index (χ0) is 36.0. The molecule has 2 aromatic carbocycles. The van der Waals surface area contributed by atoms with Gasteiger partial charge in [-0.2, -0.15) is 22.7 Å². The molecular weight excluding hydrogens is 684 g/mol. The Labute approximate surface area is 304 Å². The van der Waals surface area contributed by atoms with Gasteiger partial charge in [0.05, 0.1) is 33.6 Å². The van der Waals surface area contributed by atoms with Crippen molar-refractivity contribution in [3.05, 3.63) is 75.2 Å². The fraction of sp³-hybridized carbons (Fsp3) is 0.474. The molecule has 0 amide bonds. The number of aryl methyl sites for hydroxylation is 4. The quantitative estimate of drug-likeness (QED) is 0.180. The van der Waals surface area contributed by atoms with Crippen molar-refractivity contribution in [3.63, 3.8) is 0 Å². The molecule has 0 unspecified atom stereocenters. The first kappa shape index (κ1) is 34.1. The molecule has 2 aliphatic heterocycles. The second-order valence-electron chi connectivity index (χ2n) is 15.2. The molecule has 1 aliphatic carbocycles. The van der Waals surface area contributed by atoms with Crippen molar-refractivity contribution in [2.45, 2.75) is 83.8 Å². The predicted molar refractivity (Wildman–Crippen MR) is 200 cm³/mol. The second-order valence-corrected chi connectivity index (χ2v) is 17.4. The first-order valence-electron chi connectivity index (χ1n) is 17.7. The highest BCUT2D eigenvalue weighted by Crippen LogP contribution is 2.46. The smallest absolute Gasteiger partial charge is 0.283 e. The van der Waals surface area contributed by atoms with Crippen LogP contribution in [0.1, 0.15) is 72.8 Å². The molecule has 8 rings (SSSR count). The summed E-state index contributed by atoms with van der Waals surface area (Å²) in [4.78, 5) is 15.6. The maximum Gasteiger partial charge on any atom is 0.283 e. The number of fused-ring (bicyclic) bond motifs is 2. The number of halogens is 1. The van der Waals surface area contributed by atoms with Crippen LogP contribution in [0.5, 0.6) is 0 Å². The number of aromatic nitrogens is 6. The molecule has 1 saturated heterocycles. The van der Waals surface area contributed by atoms with Crippen molar-refractivity contribution >= 4 is 44.2 Å². The molecule has 5 heterocycles. The van der Waals surface area contributed by atoms with Gasteiger partial charge in [0, 0.05) is 74.6 Å². The Hall–Kier alpha value is -4.00. The summed E-state index contributed by atoms with van der Waals surface area (Å²) in [6.07, 6.45) is 3.98. The average Bonchev–Trinajstić information content (AvgIpc) is 3.82. The minimum absolute atomic E-state index is 0.109. The lowest BCUT2D eigenvalue weighted by molar-refractivity contribution is -0.00647. The van der Waals surface area contributed by atoms with Crippen LogP contribution in [0.15, 0.2) is 41.3 Å². The zero-order valence-corrected chi connectivity index (χ0v) is 31.9. The van der Waals surface area contributed by atoms with Gasteiger partial charge in [-0.25, -0.2) is 9.97 Å². The number of anilines is 2. The van der Waals surface area contributed by atoms with E-state index in [1.54, 1.807) is 31.4 Å². The summed E-state index contributed by atoms with van der Waals surface area (Å²) in [7, 11) is -0.179. The summed E-state index contributed by atoms with van der Waals surface area (Å²) in [5, 5.41) is 10.9. The van der Waals surface area contributed by atoms with Gasteiger partial charge in [-0.3, -0.25) is 4.68 Å². The van der Waals surface area contributed by atoms with E-state index in [1.165, 1.54) is 0 Å². The van der Waals surface area contributed by atoms with Crippen LogP contribution in [0.4, 0.5) is 11.6 Å². The van der Waals surface area contributed by atoms with E-state index in [0.717, 1.165) is 98.7 Å². The van der Waals surface area contributed by atoms with Crippen LogP contribution < -0.4 is 9.80 Å². The molecule has 0 N–H and O–H groups in total. The van der Waals surface area contributed by atoms with Crippen molar-refractivity contribution < 1.29 is 13.2 Å². The number of nitrogens with zero attached hydrogens (tertiary/aromatic N) is 8. The SMILES string of the molecule is CO[C@@H]1CCN(c2nc(-c3c(C)ccc4c3c(C)nn4S(=O)(=O)c3ccc(C)cc3)nc3c2CN(c2c(Cl)c(C4CC4)nn2C)CC3)CC1(C)C. The molecule has 0 radical (unpaired) electrons. The topological polar surface area (TPSA) is 111 Å². The number of hydrogen-bond acceptors (Lipinski definition) is 9. The van der Waals surface area contributed by atoms with Gasteiger partial charge < -0.3 is 14.5 Å². The highest BCUT2D eigenvalue weighted by atomic mass is 35.5. The van der Waals surface area contributed by atoms with Crippen LogP contribution in [0, 0.1) is 26.2 Å². The highest BCUT2D eigenvalue weighted by Gasteiger charge is 2.39. The molecule has 2 fully saturated rings. The van der Waals surface area contributed by atoms with E-state index in [4.69, 9.17) is 31.4 Å². The Bertz CT molecular complexity index is 2290. The van der Waals surface area contributed by atoms with Crippen LogP contribution in [0.3, 0.4) is 0 Å². The van der Waals surface area contributed by atoms with E-state index in [1.807, 2.05) is 44.6 Å². The van der Waals surface area contributed by atoms with Crippen LogP contribution in [-0.4, -0.2) is 70.2 Å². The Morgan fingerprint density at radius 2 is 1.69 bits per heavy atom. The van der Waals surface area contributed by atoms with Crippen LogP contribution in [-0.2, 0) is 34.8 Å². The predicted octanol–water partition coefficient (Wildman–Crippen LogP) is 6.73. The van der Waals surface area contributed by atoms with Gasteiger partial charge in [0.25, 0.3) is 10.0 Å². The fourth-order valence-electron chi connectivity index (χ4n) is 8.12. The normalized spacial score (nSPS) is 19.2. The van der Waals surface area contributed by atoms with Gasteiger partial charge in [0.1, 0.15) is 16.7 Å². The summed E-state index contributed by atoms with van der Waals surface area (Å²) in [6, 6.07) is 10.6. The first-order chi connectivity index (χ1) is 24.3. The Kier molecular flexibility index (Phi) is 8.23. The maximum atomic E-state index is 13.9. The Balaban J connectivity index is 1.27. The molecule has 13 heteroatoms. The highest BCUT2D eigenvalue weighted by molar-refractivity contribution is 7.90. The number of benzene rings is 2. The minimum atomic E-state index is -3.95. The van der Waals surface area contributed by atoms with Crippen LogP contribution in [0.2, 0.25) is 5.02 Å². The third-order valence-electron chi connectivity index (χ3n) is 11.0. The second kappa shape index (κ2) is 12.3. The third-order valence-corrected chi connectivity index (χ3v) is 12.9. The number of methoxy groups -OCH3 is 1. The first-order valence-corrected chi connectivity index (χ1v) is 19.6. The minimum Gasteiger partial charge on any atom is -0.381 e. The van der Waals surface area contributed by atoms with Gasteiger partial charge in [0.15, 0.2) is 5.82 Å². The van der Waals surface area contributed by atoms with E-state index in [-0.39, 0.29) is 16.4 Å². The van der Waals surface area contributed by atoms with Crippen molar-refractivity contribution in [1.29, 1.82) is 0 Å². The summed E-state index contributed by atoms with van der Waals surface area (Å²) < 4.78 is 36.9. The summed E-state index contributed by atoms with van der Waals surface area (Å²) >= 11 is 7.02. The molecule has 1 atom stereocenters. The largest absolute Gasteiger partial charge is 0.381 e. The lowest BCUT2D eigenvalue weighted by atomic mass is 9.81. The Morgan fingerprint density at radius 1 is 0.941 bits per heavy atom. The number of piperidine rings is 1. The molecule has 1 saturated carbocycles. The van der Waals surface area contributed by atoms with Crippen molar-refractivity contribution in [1.82, 2.24) is 28.9 Å². The van der Waals surface area contributed by atoms with Crippen LogP contribution >= 0.6 is 11.6 Å². The van der Waals surface area contributed by atoms with E-state index in [9.17, 15) is 8.42 Å². The van der Waals surface area contributed by atoms with Crippen LogP contribution in [0.25, 0.3) is 22.3 Å². The van der Waals surface area contributed by atoms with Crippen molar-refractivity contribution in [3.8, 4) is 11.4 Å². The Morgan fingerprint density at radius 3 is 2.37 bits per heavy atom. The summed E-state index contributed by atoms with van der Waals surface area (Å²) in [5.41, 5.74) is 6.81. The zero-order valence-electron chi connectivity index (χ0n) is 30.4. The van der Waals surface area contributed by atoms with Gasteiger partial charge in [-0.1, -0.05) is 49.2 Å². The lowest BCUT2D eigenvalue weighted by Gasteiger charge is -2.45. The molecule has 268 valence electrons. The molecule has 51 heavy (non-hydrogen) atoms. The van der Waals surface area contributed by atoms with Gasteiger partial charge >= 0.3 is 0 Å². The average molecular weight is 729 g/mol.